The highest BCUT2D eigenvalue weighted by Crippen LogP contribution is 2.18. The number of hydrogen-bond acceptors (Lipinski definition) is 3. The third-order valence-corrected chi connectivity index (χ3v) is 1.86. The molecule has 0 aromatic rings. The summed E-state index contributed by atoms with van der Waals surface area (Å²) in [5.41, 5.74) is 0. The highest BCUT2D eigenvalue weighted by molar-refractivity contribution is 6.32. The molecule has 13 heavy (non-hydrogen) atoms. The number of hydrogen-bond donors (Lipinski definition) is 2. The Morgan fingerprint density at radius 2 is 2.23 bits per heavy atom. The third-order valence-electron chi connectivity index (χ3n) is 1.86. The molecular formula is C9H10O4. The normalized spacial score (nSPS) is 20.9. The van der Waals surface area contributed by atoms with Gasteiger partial charge in [0.15, 0.2) is 0 Å². The Morgan fingerprint density at radius 3 is 2.69 bits per heavy atom. The number of carboxylic acid groups (broad SMARTS) is 1. The summed E-state index contributed by atoms with van der Waals surface area (Å²) in [5, 5.41) is 17.3. The first-order valence-electron chi connectivity index (χ1n) is 3.93. The molecule has 0 heterocycles. The largest absolute Gasteiger partial charge is 0.508 e. The molecule has 1 atom stereocenters. The molecule has 2 N–H and O–H groups in total. The number of rotatable bonds is 3. The summed E-state index contributed by atoms with van der Waals surface area (Å²) in [6, 6.07) is 0. The van der Waals surface area contributed by atoms with Crippen LogP contribution >= 0.6 is 0 Å². The van der Waals surface area contributed by atoms with Crippen molar-refractivity contribution in [2.45, 2.75) is 12.8 Å². The van der Waals surface area contributed by atoms with E-state index >= 15 is 0 Å². The molecule has 0 aliphatic heterocycles. The summed E-state index contributed by atoms with van der Waals surface area (Å²) in [5.74, 6) is -2.12. The molecule has 0 aromatic heterocycles. The lowest BCUT2D eigenvalue weighted by Gasteiger charge is -2.11. The summed E-state index contributed by atoms with van der Waals surface area (Å²) < 4.78 is 0. The molecule has 1 rings (SSSR count). The molecule has 0 saturated carbocycles. The van der Waals surface area contributed by atoms with Crippen LogP contribution in [0.15, 0.2) is 24.0 Å². The van der Waals surface area contributed by atoms with Crippen LogP contribution in [0.4, 0.5) is 0 Å². The van der Waals surface area contributed by atoms with Gasteiger partial charge in [-0.15, -0.1) is 0 Å². The maximum Gasteiger partial charge on any atom is 0.372 e. The van der Waals surface area contributed by atoms with Gasteiger partial charge in [-0.2, -0.15) is 0 Å². The fourth-order valence-corrected chi connectivity index (χ4v) is 1.13. The van der Waals surface area contributed by atoms with Crippen LogP contribution < -0.4 is 0 Å². The van der Waals surface area contributed by atoms with Crippen LogP contribution in [-0.2, 0) is 9.59 Å². The molecule has 0 saturated heterocycles. The number of carboxylic acids is 1. The van der Waals surface area contributed by atoms with Crippen LogP contribution in [0, 0.1) is 5.92 Å². The van der Waals surface area contributed by atoms with Crippen LogP contribution in [0.3, 0.4) is 0 Å². The lowest BCUT2D eigenvalue weighted by molar-refractivity contribution is -0.149. The van der Waals surface area contributed by atoms with Gasteiger partial charge in [-0.05, 0) is 24.5 Å². The van der Waals surface area contributed by atoms with Gasteiger partial charge in [-0.3, -0.25) is 4.79 Å². The summed E-state index contributed by atoms with van der Waals surface area (Å²) >= 11 is 0. The van der Waals surface area contributed by atoms with E-state index in [0.717, 1.165) is 0 Å². The second-order valence-corrected chi connectivity index (χ2v) is 2.92. The third kappa shape index (κ3) is 2.74. The minimum Gasteiger partial charge on any atom is -0.508 e. The second kappa shape index (κ2) is 3.89. The number of ketones is 1. The minimum absolute atomic E-state index is 0.00435. The van der Waals surface area contributed by atoms with Crippen LogP contribution in [-0.4, -0.2) is 22.0 Å². The molecule has 70 valence electrons. The predicted octanol–water partition coefficient (Wildman–Crippen LogP) is 1.05. The zero-order valence-electron chi connectivity index (χ0n) is 6.93. The van der Waals surface area contributed by atoms with E-state index in [1.165, 1.54) is 6.08 Å². The first-order chi connectivity index (χ1) is 6.09. The molecule has 0 fully saturated rings. The topological polar surface area (TPSA) is 74.6 Å². The number of aliphatic carboxylic acids is 1. The molecule has 0 aromatic carbocycles. The van der Waals surface area contributed by atoms with E-state index in [2.05, 4.69) is 0 Å². The highest BCUT2D eigenvalue weighted by atomic mass is 16.4. The zero-order valence-corrected chi connectivity index (χ0v) is 6.93. The Bertz CT molecular complexity index is 288. The molecule has 0 radical (unpaired) electrons. The van der Waals surface area contributed by atoms with E-state index in [9.17, 15) is 9.59 Å². The molecule has 1 unspecified atom stereocenters. The number of carbonyl (C=O) groups is 2. The van der Waals surface area contributed by atoms with Crippen LogP contribution in [0.1, 0.15) is 12.8 Å². The summed E-state index contributed by atoms with van der Waals surface area (Å²) in [7, 11) is 0. The summed E-state index contributed by atoms with van der Waals surface area (Å²) in [6.45, 7) is 0. The fourth-order valence-electron chi connectivity index (χ4n) is 1.13. The molecule has 1 aliphatic carbocycles. The Balaban J connectivity index is 2.46. The van der Waals surface area contributed by atoms with Gasteiger partial charge in [-0.25, -0.2) is 4.79 Å². The van der Waals surface area contributed by atoms with Crippen molar-refractivity contribution in [1.29, 1.82) is 0 Å². The lowest BCUT2D eigenvalue weighted by atomic mass is 9.95. The van der Waals surface area contributed by atoms with E-state index in [4.69, 9.17) is 10.2 Å². The Kier molecular flexibility index (Phi) is 2.84. The smallest absolute Gasteiger partial charge is 0.372 e. The quantitative estimate of drug-likeness (QED) is 0.639. The van der Waals surface area contributed by atoms with Crippen molar-refractivity contribution in [1.82, 2.24) is 0 Å². The van der Waals surface area contributed by atoms with Gasteiger partial charge in [-0.1, -0.05) is 6.08 Å². The maximum atomic E-state index is 10.8. The molecule has 4 heteroatoms. The lowest BCUT2D eigenvalue weighted by Crippen LogP contribution is -2.16. The SMILES string of the molecule is O=C(O)C(=O)CC1C=CC(O)=CC1. The van der Waals surface area contributed by atoms with Crippen molar-refractivity contribution in [3.63, 3.8) is 0 Å². The van der Waals surface area contributed by atoms with Gasteiger partial charge in [0.1, 0.15) is 5.76 Å². The number of carbonyl (C=O) groups excluding carboxylic acids is 1. The van der Waals surface area contributed by atoms with Gasteiger partial charge in [0.2, 0.25) is 5.78 Å². The van der Waals surface area contributed by atoms with E-state index in [1.54, 1.807) is 12.2 Å². The van der Waals surface area contributed by atoms with Crippen molar-refractivity contribution in [2.75, 3.05) is 0 Å². The first kappa shape index (κ1) is 9.51. The molecule has 0 bridgehead atoms. The van der Waals surface area contributed by atoms with Crippen LogP contribution in [0.25, 0.3) is 0 Å². The van der Waals surface area contributed by atoms with Crippen molar-refractivity contribution < 1.29 is 19.8 Å². The van der Waals surface area contributed by atoms with E-state index in [-0.39, 0.29) is 18.1 Å². The average molecular weight is 182 g/mol. The second-order valence-electron chi connectivity index (χ2n) is 2.92. The van der Waals surface area contributed by atoms with Gasteiger partial charge < -0.3 is 10.2 Å². The van der Waals surface area contributed by atoms with Gasteiger partial charge in [0.05, 0.1) is 0 Å². The maximum absolute atomic E-state index is 10.8. The minimum atomic E-state index is -1.40. The Labute approximate surface area is 75.2 Å². The van der Waals surface area contributed by atoms with E-state index in [0.29, 0.717) is 6.42 Å². The number of aliphatic hydroxyl groups excluding tert-OH is 1. The highest BCUT2D eigenvalue weighted by Gasteiger charge is 2.17. The van der Waals surface area contributed by atoms with Crippen molar-refractivity contribution in [2.24, 2.45) is 5.92 Å². The Morgan fingerprint density at radius 1 is 1.54 bits per heavy atom. The number of Topliss-reactive ketones (excluding diaryl/α,β-unsaturated/α-hetero) is 1. The summed E-state index contributed by atoms with van der Waals surface area (Å²) in [4.78, 5) is 21.0. The van der Waals surface area contributed by atoms with Crippen LogP contribution in [0.2, 0.25) is 0 Å². The van der Waals surface area contributed by atoms with E-state index < -0.39 is 11.8 Å². The molecule has 1 aliphatic rings. The fraction of sp³-hybridized carbons (Fsp3) is 0.333. The number of aliphatic hydroxyl groups is 1. The predicted molar refractivity (Wildman–Crippen MR) is 45.2 cm³/mol. The zero-order chi connectivity index (χ0) is 9.84. The average Bonchev–Trinajstić information content (AvgIpc) is 2.08. The van der Waals surface area contributed by atoms with Crippen LogP contribution in [0.5, 0.6) is 0 Å². The molecule has 4 nitrogen and oxygen atoms in total. The number of allylic oxidation sites excluding steroid dienone is 3. The van der Waals surface area contributed by atoms with Gasteiger partial charge in [0, 0.05) is 6.42 Å². The van der Waals surface area contributed by atoms with Gasteiger partial charge in [0.25, 0.3) is 0 Å². The molecular weight excluding hydrogens is 172 g/mol. The Hall–Kier alpha value is -1.58. The van der Waals surface area contributed by atoms with Crippen molar-refractivity contribution >= 4 is 11.8 Å². The summed E-state index contributed by atoms with van der Waals surface area (Å²) in [6.07, 6.45) is 5.20. The van der Waals surface area contributed by atoms with Gasteiger partial charge >= 0.3 is 5.97 Å². The molecule has 0 spiro atoms. The van der Waals surface area contributed by atoms with Crippen molar-refractivity contribution in [3.8, 4) is 0 Å². The standard InChI is InChI=1S/C9H10O4/c10-7-3-1-6(2-4-7)5-8(11)9(12)13/h1,3-4,6,10H,2,5H2,(H,12,13). The van der Waals surface area contributed by atoms with Crippen molar-refractivity contribution in [3.05, 3.63) is 24.0 Å². The van der Waals surface area contributed by atoms with E-state index in [1.807, 2.05) is 0 Å². The molecule has 0 amide bonds. The monoisotopic (exact) mass is 182 g/mol. The first-order valence-corrected chi connectivity index (χ1v) is 3.93.